The van der Waals surface area contributed by atoms with Crippen molar-refractivity contribution in [2.75, 3.05) is 0 Å². The fraction of sp³-hybridized carbons (Fsp3) is 0.864. The van der Waals surface area contributed by atoms with E-state index in [1.54, 1.807) is 0 Å². The lowest BCUT2D eigenvalue weighted by molar-refractivity contribution is -0.324. The van der Waals surface area contributed by atoms with Crippen LogP contribution >= 0.6 is 0 Å². The molecule has 3 saturated carbocycles. The van der Waals surface area contributed by atoms with E-state index in [2.05, 4.69) is 20.8 Å². The summed E-state index contributed by atoms with van der Waals surface area (Å²) in [4.78, 5) is 11.9. The van der Waals surface area contributed by atoms with E-state index >= 15 is 0 Å². The predicted octanol–water partition coefficient (Wildman–Crippen LogP) is 3.40. The number of rotatable bonds is 2. The third-order valence-electron chi connectivity index (χ3n) is 9.05. The van der Waals surface area contributed by atoms with Crippen molar-refractivity contribution >= 4 is 5.78 Å². The van der Waals surface area contributed by atoms with Crippen LogP contribution in [0.25, 0.3) is 0 Å². The Balaban J connectivity index is 1.64. The summed E-state index contributed by atoms with van der Waals surface area (Å²) < 4.78 is 0. The molecule has 4 heteroatoms. The molecule has 0 heterocycles. The fourth-order valence-corrected chi connectivity index (χ4v) is 7.76. The average molecular weight is 363 g/mol. The van der Waals surface area contributed by atoms with Crippen molar-refractivity contribution in [3.63, 3.8) is 0 Å². The van der Waals surface area contributed by atoms with Gasteiger partial charge in [-0.1, -0.05) is 26.3 Å². The highest BCUT2D eigenvalue weighted by atomic mass is 16.7. The summed E-state index contributed by atoms with van der Waals surface area (Å²) in [7, 11) is 0. The average Bonchev–Trinajstić information content (AvgIpc) is 2.78. The van der Waals surface area contributed by atoms with Crippen LogP contribution in [0.4, 0.5) is 0 Å². The van der Waals surface area contributed by atoms with E-state index in [0.29, 0.717) is 35.9 Å². The second kappa shape index (κ2) is 5.89. The van der Waals surface area contributed by atoms with Gasteiger partial charge in [0.25, 0.3) is 5.97 Å². The molecule has 0 aromatic rings. The number of hydrogen-bond acceptors (Lipinski definition) is 4. The van der Waals surface area contributed by atoms with Crippen LogP contribution in [0.5, 0.6) is 0 Å². The molecule has 146 valence electrons. The van der Waals surface area contributed by atoms with E-state index in [9.17, 15) is 20.1 Å². The molecular weight excluding hydrogens is 328 g/mol. The first-order valence-electron chi connectivity index (χ1n) is 10.5. The van der Waals surface area contributed by atoms with Crippen molar-refractivity contribution in [2.24, 2.45) is 40.4 Å². The first-order valence-corrected chi connectivity index (χ1v) is 10.5. The van der Waals surface area contributed by atoms with Crippen molar-refractivity contribution in [3.05, 3.63) is 11.6 Å². The topological polar surface area (TPSA) is 77.8 Å². The number of ketones is 1. The number of allylic oxidation sites excluding steroid dienone is 1. The molecule has 0 radical (unpaired) electrons. The van der Waals surface area contributed by atoms with Crippen LogP contribution in [0, 0.1) is 40.4 Å². The summed E-state index contributed by atoms with van der Waals surface area (Å²) in [6.07, 6.45) is 9.23. The number of carbonyl (C=O) groups excluding carboxylic acids is 1. The van der Waals surface area contributed by atoms with Crippen molar-refractivity contribution in [2.45, 2.75) is 78.1 Å². The number of aliphatic hydroxyl groups is 3. The summed E-state index contributed by atoms with van der Waals surface area (Å²) in [5.74, 6) is 0.157. The van der Waals surface area contributed by atoms with E-state index in [0.717, 1.165) is 38.5 Å². The van der Waals surface area contributed by atoms with Crippen LogP contribution in [-0.4, -0.2) is 27.1 Å². The Bertz CT molecular complexity index is 633. The SMILES string of the molecule is CC1C[C@H]2[C@@H]3CCC4=CC(=O)CC[C@]4(C)[C@H]3CC[C@]2(C)[C@H]1CC(O)(O)O. The second-order valence-electron chi connectivity index (χ2n) is 10.3. The van der Waals surface area contributed by atoms with Gasteiger partial charge in [0.15, 0.2) is 5.78 Å². The van der Waals surface area contributed by atoms with E-state index < -0.39 is 5.97 Å². The molecule has 0 bridgehead atoms. The van der Waals surface area contributed by atoms with Gasteiger partial charge in [-0.05, 0) is 85.0 Å². The van der Waals surface area contributed by atoms with E-state index in [4.69, 9.17) is 0 Å². The van der Waals surface area contributed by atoms with Gasteiger partial charge in [0.05, 0.1) is 0 Å². The molecule has 26 heavy (non-hydrogen) atoms. The molecule has 0 amide bonds. The van der Waals surface area contributed by atoms with Crippen molar-refractivity contribution in [1.29, 1.82) is 0 Å². The molecule has 3 fully saturated rings. The number of fused-ring (bicyclic) bond motifs is 5. The molecule has 4 aliphatic carbocycles. The van der Waals surface area contributed by atoms with E-state index in [1.807, 2.05) is 6.08 Å². The third kappa shape index (κ3) is 2.71. The quantitative estimate of drug-likeness (QED) is 0.658. The van der Waals surface area contributed by atoms with Gasteiger partial charge < -0.3 is 15.3 Å². The van der Waals surface area contributed by atoms with Gasteiger partial charge in [-0.2, -0.15) is 0 Å². The van der Waals surface area contributed by atoms with Crippen LogP contribution in [0.15, 0.2) is 11.6 Å². The minimum atomic E-state index is -2.56. The Hall–Kier alpha value is -0.710. The molecule has 0 aromatic heterocycles. The Morgan fingerprint density at radius 2 is 1.85 bits per heavy atom. The fourth-order valence-electron chi connectivity index (χ4n) is 7.76. The predicted molar refractivity (Wildman–Crippen MR) is 98.8 cm³/mol. The molecule has 0 spiro atoms. The molecule has 3 N–H and O–H groups in total. The Morgan fingerprint density at radius 3 is 2.54 bits per heavy atom. The smallest absolute Gasteiger partial charge is 0.275 e. The third-order valence-corrected chi connectivity index (χ3v) is 9.05. The lowest BCUT2D eigenvalue weighted by Gasteiger charge is -2.58. The Kier molecular flexibility index (Phi) is 4.22. The minimum Gasteiger partial charge on any atom is -0.344 e. The van der Waals surface area contributed by atoms with Crippen molar-refractivity contribution in [1.82, 2.24) is 0 Å². The standard InChI is InChI=1S/C22H34O4/c1-13-10-18-16-5-4-14-11-15(23)6-8-20(14,2)17(16)7-9-21(18,3)19(13)12-22(24,25)26/h11,13,16-19,24-26H,4-10,12H2,1-3H3/t13?,16-,17+,18+,19+,20+,21+/m1/s1. The molecule has 4 nitrogen and oxygen atoms in total. The minimum absolute atomic E-state index is 0.0511. The highest BCUT2D eigenvalue weighted by Gasteiger charge is 2.61. The molecule has 1 unspecified atom stereocenters. The first-order chi connectivity index (χ1) is 12.0. The maximum Gasteiger partial charge on any atom is 0.275 e. The van der Waals surface area contributed by atoms with E-state index in [-0.39, 0.29) is 23.2 Å². The highest BCUT2D eigenvalue weighted by Crippen LogP contribution is 2.68. The highest BCUT2D eigenvalue weighted by molar-refractivity contribution is 5.91. The zero-order valence-electron chi connectivity index (χ0n) is 16.4. The van der Waals surface area contributed by atoms with Gasteiger partial charge in [-0.3, -0.25) is 4.79 Å². The summed E-state index contributed by atoms with van der Waals surface area (Å²) >= 11 is 0. The molecule has 7 atom stereocenters. The Labute approximate surface area is 156 Å². The van der Waals surface area contributed by atoms with Crippen LogP contribution in [0.1, 0.15) is 72.1 Å². The van der Waals surface area contributed by atoms with Crippen LogP contribution in [0.2, 0.25) is 0 Å². The monoisotopic (exact) mass is 362 g/mol. The van der Waals surface area contributed by atoms with Gasteiger partial charge in [-0.25, -0.2) is 0 Å². The summed E-state index contributed by atoms with van der Waals surface area (Å²) in [6, 6.07) is 0. The molecule has 0 aliphatic heterocycles. The van der Waals surface area contributed by atoms with Gasteiger partial charge >= 0.3 is 0 Å². The molecule has 4 aliphatic rings. The largest absolute Gasteiger partial charge is 0.344 e. The lowest BCUT2D eigenvalue weighted by atomic mass is 9.46. The maximum absolute atomic E-state index is 11.9. The zero-order chi connectivity index (χ0) is 18.9. The van der Waals surface area contributed by atoms with Crippen molar-refractivity contribution < 1.29 is 20.1 Å². The van der Waals surface area contributed by atoms with Gasteiger partial charge in [0.1, 0.15) is 0 Å². The lowest BCUT2D eigenvalue weighted by Crippen LogP contribution is -2.51. The zero-order valence-corrected chi connectivity index (χ0v) is 16.4. The molecule has 4 rings (SSSR count). The van der Waals surface area contributed by atoms with Crippen LogP contribution in [0.3, 0.4) is 0 Å². The van der Waals surface area contributed by atoms with Crippen molar-refractivity contribution in [3.8, 4) is 0 Å². The summed E-state index contributed by atoms with van der Waals surface area (Å²) in [6.45, 7) is 6.93. The number of carbonyl (C=O) groups is 1. The van der Waals surface area contributed by atoms with Gasteiger partial charge in [0, 0.05) is 12.8 Å². The van der Waals surface area contributed by atoms with Crippen LogP contribution in [-0.2, 0) is 4.79 Å². The normalized spacial score (nSPS) is 48.5. The second-order valence-corrected chi connectivity index (χ2v) is 10.3. The molecule has 0 aromatic carbocycles. The van der Waals surface area contributed by atoms with Crippen LogP contribution < -0.4 is 0 Å². The summed E-state index contributed by atoms with van der Waals surface area (Å²) in [5.41, 5.74) is 1.64. The van der Waals surface area contributed by atoms with Gasteiger partial charge in [-0.15, -0.1) is 0 Å². The maximum atomic E-state index is 11.9. The Morgan fingerprint density at radius 1 is 1.12 bits per heavy atom. The number of hydrogen-bond donors (Lipinski definition) is 3. The molecule has 0 saturated heterocycles. The van der Waals surface area contributed by atoms with E-state index in [1.165, 1.54) is 5.57 Å². The van der Waals surface area contributed by atoms with Gasteiger partial charge in [0.2, 0.25) is 0 Å². The summed E-state index contributed by atoms with van der Waals surface area (Å²) in [5, 5.41) is 28.9. The molecular formula is C22H34O4. The first kappa shape index (κ1) is 18.6.